The summed E-state index contributed by atoms with van der Waals surface area (Å²) in [4.78, 5) is 42.9. The van der Waals surface area contributed by atoms with Crippen molar-refractivity contribution in [3.63, 3.8) is 0 Å². The second-order valence-corrected chi connectivity index (χ2v) is 11.1. The van der Waals surface area contributed by atoms with Crippen LogP contribution in [-0.2, 0) is 14.9 Å². The van der Waals surface area contributed by atoms with Gasteiger partial charge in [0.1, 0.15) is 0 Å². The van der Waals surface area contributed by atoms with E-state index < -0.39 is 44.6 Å². The molecule has 0 radical (unpaired) electrons. The molecule has 2 aromatic rings. The molecule has 1 aliphatic carbocycles. The zero-order valence-corrected chi connectivity index (χ0v) is 22.2. The van der Waals surface area contributed by atoms with E-state index in [9.17, 15) is 30.1 Å². The number of nitro groups is 2. The van der Waals surface area contributed by atoms with Gasteiger partial charge in [-0.25, -0.2) is 0 Å². The van der Waals surface area contributed by atoms with Crippen molar-refractivity contribution in [1.82, 2.24) is 4.90 Å². The Morgan fingerprint density at radius 3 is 2.60 bits per heavy atom. The molecule has 0 unspecified atom stereocenters. The van der Waals surface area contributed by atoms with Crippen LogP contribution in [0.25, 0.3) is 0 Å². The smallest absolute Gasteiger partial charge is 0.318 e. The molecule has 210 valence electrons. The molecule has 0 bridgehead atoms. The Morgan fingerprint density at radius 1 is 1.12 bits per heavy atom. The number of fused-ring (bicyclic) bond motifs is 6. The normalized spacial score (nSPS) is 30.7. The molecule has 1 saturated carbocycles. The number of hydrogen-bond donors (Lipinski definition) is 1. The molecule has 0 aromatic heterocycles. The van der Waals surface area contributed by atoms with Gasteiger partial charge in [-0.15, -0.1) is 0 Å². The maximum Gasteiger partial charge on any atom is 0.318 e. The number of nitro benzene ring substituents is 2. The Labute approximate surface area is 229 Å². The number of aliphatic hydroxyl groups is 1. The molecule has 40 heavy (non-hydrogen) atoms. The summed E-state index contributed by atoms with van der Waals surface area (Å²) < 4.78 is 10.7. The Morgan fingerprint density at radius 2 is 1.90 bits per heavy atom. The van der Waals surface area contributed by atoms with E-state index >= 15 is 0 Å². The van der Waals surface area contributed by atoms with Crippen LogP contribution in [0.2, 0.25) is 0 Å². The molecule has 6 atom stereocenters. The van der Waals surface area contributed by atoms with Crippen molar-refractivity contribution < 1.29 is 29.2 Å². The Balaban J connectivity index is 1.54. The molecule has 1 N–H and O–H groups in total. The highest BCUT2D eigenvalue weighted by molar-refractivity contribution is 6.09. The number of para-hydroxylation sites is 1. The van der Waals surface area contributed by atoms with Gasteiger partial charge in [0.15, 0.2) is 0 Å². The number of ether oxygens (including phenoxy) is 2. The van der Waals surface area contributed by atoms with Crippen LogP contribution < -0.4 is 4.74 Å². The standard InChI is InChI=1S/C28H30N4O8/c1-39-25-19(11-16(31(35)36)12-21(25)32(37)38)28-9-10-30-14-15-7-8-23(33)24(27(34)40-2)17(15)13-22(30)26(28)29-20-6-4-3-5-18(20)28/h3-6,11-12,15,17,22-24,33H,7-10,13-14H2,1-2H3/t15-,17-,22-,23-,24+,28+/m0/s1. The minimum absolute atomic E-state index is 0.0253. The third-order valence-electron chi connectivity index (χ3n) is 9.45. The van der Waals surface area contributed by atoms with Crippen LogP contribution in [0.3, 0.4) is 0 Å². The molecule has 0 spiro atoms. The molecule has 2 aromatic carbocycles. The van der Waals surface area contributed by atoms with E-state index in [0.29, 0.717) is 43.6 Å². The molecular weight excluding hydrogens is 520 g/mol. The number of non-ortho nitro benzene ring substituents is 1. The van der Waals surface area contributed by atoms with E-state index in [0.717, 1.165) is 23.8 Å². The molecule has 3 aliphatic heterocycles. The fraction of sp³-hybridized carbons (Fsp3) is 0.500. The number of nitrogens with zero attached hydrogens (tertiary/aromatic N) is 4. The highest BCUT2D eigenvalue weighted by Gasteiger charge is 2.58. The number of rotatable bonds is 5. The number of esters is 1. The van der Waals surface area contributed by atoms with Gasteiger partial charge in [0.25, 0.3) is 5.69 Å². The highest BCUT2D eigenvalue weighted by atomic mass is 16.6. The monoisotopic (exact) mass is 550 g/mol. The number of hydrogen-bond acceptors (Lipinski definition) is 10. The third-order valence-corrected chi connectivity index (χ3v) is 9.45. The first kappa shape index (κ1) is 26.3. The summed E-state index contributed by atoms with van der Waals surface area (Å²) in [6.45, 7) is 1.33. The Bertz CT molecular complexity index is 1440. The number of carbonyl (C=O) groups excluding carboxylic acids is 1. The van der Waals surface area contributed by atoms with Gasteiger partial charge in [-0.2, -0.15) is 0 Å². The maximum atomic E-state index is 12.8. The van der Waals surface area contributed by atoms with E-state index in [4.69, 9.17) is 14.5 Å². The van der Waals surface area contributed by atoms with Crippen LogP contribution in [0.5, 0.6) is 5.75 Å². The van der Waals surface area contributed by atoms with Crippen LogP contribution in [0.15, 0.2) is 41.4 Å². The fourth-order valence-electron chi connectivity index (χ4n) is 7.77. The number of aliphatic hydroxyl groups excluding tert-OH is 1. The number of aliphatic imine (C=N–C) groups is 1. The van der Waals surface area contributed by atoms with Gasteiger partial charge < -0.3 is 14.6 Å². The Hall–Kier alpha value is -3.90. The van der Waals surface area contributed by atoms with Crippen molar-refractivity contribution in [3.8, 4) is 5.75 Å². The molecule has 12 nitrogen and oxygen atoms in total. The minimum atomic E-state index is -0.999. The van der Waals surface area contributed by atoms with Crippen molar-refractivity contribution >= 4 is 28.7 Å². The number of benzene rings is 2. The summed E-state index contributed by atoms with van der Waals surface area (Å²) in [6.07, 6.45) is 1.57. The van der Waals surface area contributed by atoms with E-state index in [-0.39, 0.29) is 23.6 Å². The van der Waals surface area contributed by atoms with E-state index in [1.54, 1.807) is 0 Å². The molecular formula is C28H30N4O8. The van der Waals surface area contributed by atoms with Crippen molar-refractivity contribution in [3.05, 3.63) is 67.8 Å². The fourth-order valence-corrected chi connectivity index (χ4v) is 7.77. The van der Waals surface area contributed by atoms with Crippen LogP contribution in [0.1, 0.15) is 36.8 Å². The second-order valence-electron chi connectivity index (χ2n) is 11.1. The Kier molecular flexibility index (Phi) is 6.34. The average molecular weight is 551 g/mol. The maximum absolute atomic E-state index is 12.8. The van der Waals surface area contributed by atoms with Gasteiger partial charge in [0.05, 0.1) is 59.0 Å². The van der Waals surface area contributed by atoms with Crippen molar-refractivity contribution in [2.75, 3.05) is 27.3 Å². The number of methoxy groups -OCH3 is 2. The SMILES string of the molecule is COC(=O)[C@@H]1[C@H]2C[C@H]3C4=Nc5ccccc5[C@@]4(c4cc([N+](=O)[O-])cc([N+](=O)[O-])c4OC)CCN3C[C@@H]2CC[C@@H]1O. The largest absolute Gasteiger partial charge is 0.490 e. The van der Waals surface area contributed by atoms with Crippen molar-refractivity contribution in [2.24, 2.45) is 22.7 Å². The molecule has 4 aliphatic rings. The summed E-state index contributed by atoms with van der Waals surface area (Å²) in [5.41, 5.74) is 0.717. The van der Waals surface area contributed by atoms with Gasteiger partial charge in [-0.1, -0.05) is 18.2 Å². The molecule has 2 saturated heterocycles. The highest BCUT2D eigenvalue weighted by Crippen LogP contribution is 2.57. The summed E-state index contributed by atoms with van der Waals surface area (Å²) in [6, 6.07) is 9.58. The van der Waals surface area contributed by atoms with Crippen LogP contribution in [0.4, 0.5) is 17.1 Å². The topological polar surface area (TPSA) is 158 Å². The van der Waals surface area contributed by atoms with Gasteiger partial charge in [-0.05, 0) is 49.1 Å². The predicted molar refractivity (Wildman–Crippen MR) is 143 cm³/mol. The van der Waals surface area contributed by atoms with E-state index in [1.807, 2.05) is 24.3 Å². The van der Waals surface area contributed by atoms with E-state index in [2.05, 4.69) is 4.90 Å². The molecule has 3 heterocycles. The summed E-state index contributed by atoms with van der Waals surface area (Å²) in [5, 5.41) is 34.8. The summed E-state index contributed by atoms with van der Waals surface area (Å²) >= 11 is 0. The molecule has 3 fully saturated rings. The first-order chi connectivity index (χ1) is 19.2. The second kappa shape index (κ2) is 9.63. The van der Waals surface area contributed by atoms with Gasteiger partial charge in [0, 0.05) is 30.8 Å². The zero-order valence-electron chi connectivity index (χ0n) is 22.2. The lowest BCUT2D eigenvalue weighted by atomic mass is 9.59. The lowest BCUT2D eigenvalue weighted by Gasteiger charge is -2.54. The van der Waals surface area contributed by atoms with Crippen LogP contribution in [-0.4, -0.2) is 71.0 Å². The third kappa shape index (κ3) is 3.73. The summed E-state index contributed by atoms with van der Waals surface area (Å²) in [7, 11) is 2.66. The minimum Gasteiger partial charge on any atom is -0.490 e. The van der Waals surface area contributed by atoms with Crippen LogP contribution >= 0.6 is 0 Å². The first-order valence-electron chi connectivity index (χ1n) is 13.4. The molecule has 12 heteroatoms. The molecule has 6 rings (SSSR count). The quantitative estimate of drug-likeness (QED) is 0.334. The molecule has 0 amide bonds. The average Bonchev–Trinajstić information content (AvgIpc) is 3.30. The number of piperidine rings is 2. The van der Waals surface area contributed by atoms with Crippen molar-refractivity contribution in [1.29, 1.82) is 0 Å². The zero-order chi connectivity index (χ0) is 28.3. The number of carbonyl (C=O) groups is 1. The van der Waals surface area contributed by atoms with Crippen molar-refractivity contribution in [2.45, 2.75) is 43.2 Å². The predicted octanol–water partition coefficient (Wildman–Crippen LogP) is 3.54. The van der Waals surface area contributed by atoms with E-state index in [1.165, 1.54) is 20.3 Å². The van der Waals surface area contributed by atoms with Crippen LogP contribution in [0, 0.1) is 38.0 Å². The van der Waals surface area contributed by atoms with Gasteiger partial charge >= 0.3 is 11.7 Å². The first-order valence-corrected chi connectivity index (χ1v) is 13.4. The lowest BCUT2D eigenvalue weighted by Crippen LogP contribution is -2.63. The summed E-state index contributed by atoms with van der Waals surface area (Å²) in [5.74, 6) is -1.04. The van der Waals surface area contributed by atoms with Gasteiger partial charge in [-0.3, -0.25) is 34.9 Å². The van der Waals surface area contributed by atoms with Gasteiger partial charge in [0.2, 0.25) is 5.75 Å². The lowest BCUT2D eigenvalue weighted by molar-refractivity contribution is -0.394.